The van der Waals surface area contributed by atoms with Gasteiger partial charge in [-0.05, 0) is 31.0 Å². The molecule has 1 saturated carbocycles. The molecule has 2 amide bonds. The number of aromatic nitrogens is 3. The van der Waals surface area contributed by atoms with E-state index in [9.17, 15) is 14.0 Å². The second-order valence-electron chi connectivity index (χ2n) is 7.70. The number of nitrogens with one attached hydrogen (secondary N) is 1. The molecule has 0 aromatic carbocycles. The molecule has 152 valence electrons. The van der Waals surface area contributed by atoms with E-state index < -0.39 is 5.95 Å². The molecule has 2 aliphatic rings. The topological polar surface area (TPSA) is 114 Å². The normalized spacial score (nSPS) is 16.4. The summed E-state index contributed by atoms with van der Waals surface area (Å²) in [6.45, 7) is 1.05. The smallest absolute Gasteiger partial charge is 0.253 e. The lowest BCUT2D eigenvalue weighted by Gasteiger charge is -2.39. The first-order chi connectivity index (χ1) is 14.5. The van der Waals surface area contributed by atoms with E-state index in [1.807, 2.05) is 0 Å². The number of pyridine rings is 3. The van der Waals surface area contributed by atoms with Gasteiger partial charge in [0.15, 0.2) is 0 Å². The summed E-state index contributed by atoms with van der Waals surface area (Å²) in [7, 11) is 0. The van der Waals surface area contributed by atoms with Crippen LogP contribution in [0.25, 0.3) is 22.2 Å². The molecule has 1 aliphatic heterocycles. The number of carbonyl (C=O) groups is 2. The summed E-state index contributed by atoms with van der Waals surface area (Å²) in [6.07, 6.45) is 4.72. The number of hydrogen-bond acceptors (Lipinski definition) is 6. The zero-order valence-corrected chi connectivity index (χ0v) is 16.0. The molecule has 1 aliphatic carbocycles. The molecule has 3 N–H and O–H groups in total. The SMILES string of the molecule is Nc1ncc(C(=O)NC2CN(C(=O)C3CC3)C2)c2ccc(-c3ccnc(F)c3)nc12. The number of rotatable bonds is 4. The molecule has 8 nitrogen and oxygen atoms in total. The molecule has 1 saturated heterocycles. The van der Waals surface area contributed by atoms with Crippen LogP contribution in [0.1, 0.15) is 23.2 Å². The number of anilines is 1. The summed E-state index contributed by atoms with van der Waals surface area (Å²) in [5.41, 5.74) is 7.77. The van der Waals surface area contributed by atoms with Gasteiger partial charge in [-0.15, -0.1) is 0 Å². The third kappa shape index (κ3) is 3.32. The summed E-state index contributed by atoms with van der Waals surface area (Å²) >= 11 is 0. The molecular weight excluding hydrogens is 387 g/mol. The third-order valence-corrected chi connectivity index (χ3v) is 5.48. The number of carbonyl (C=O) groups excluding carboxylic acids is 2. The molecule has 0 unspecified atom stereocenters. The van der Waals surface area contributed by atoms with Crippen LogP contribution in [-0.2, 0) is 4.79 Å². The first kappa shape index (κ1) is 18.4. The zero-order valence-electron chi connectivity index (χ0n) is 16.0. The van der Waals surface area contributed by atoms with Crippen molar-refractivity contribution in [3.63, 3.8) is 0 Å². The van der Waals surface area contributed by atoms with Gasteiger partial charge in [0.25, 0.3) is 5.91 Å². The van der Waals surface area contributed by atoms with Gasteiger partial charge >= 0.3 is 0 Å². The van der Waals surface area contributed by atoms with E-state index in [0.29, 0.717) is 40.8 Å². The Kier molecular flexibility index (Phi) is 4.30. The molecule has 3 aromatic rings. The quantitative estimate of drug-likeness (QED) is 0.638. The van der Waals surface area contributed by atoms with Gasteiger partial charge in [0.2, 0.25) is 11.9 Å². The summed E-state index contributed by atoms with van der Waals surface area (Å²) in [6, 6.07) is 6.27. The van der Waals surface area contributed by atoms with Crippen LogP contribution in [0.15, 0.2) is 36.7 Å². The van der Waals surface area contributed by atoms with Crippen LogP contribution in [0.4, 0.5) is 10.2 Å². The van der Waals surface area contributed by atoms with Gasteiger partial charge in [0.1, 0.15) is 11.3 Å². The van der Waals surface area contributed by atoms with Crippen LogP contribution < -0.4 is 11.1 Å². The second kappa shape index (κ2) is 7.01. The fraction of sp³-hybridized carbons (Fsp3) is 0.286. The fourth-order valence-electron chi connectivity index (χ4n) is 3.64. The van der Waals surface area contributed by atoms with E-state index in [0.717, 1.165) is 12.8 Å². The molecule has 0 atom stereocenters. The summed E-state index contributed by atoms with van der Waals surface area (Å²) in [5.74, 6) is -0.350. The van der Waals surface area contributed by atoms with Crippen molar-refractivity contribution in [3.05, 3.63) is 48.2 Å². The van der Waals surface area contributed by atoms with Crippen LogP contribution in [0, 0.1) is 11.9 Å². The molecule has 5 rings (SSSR count). The molecule has 30 heavy (non-hydrogen) atoms. The number of nitrogens with two attached hydrogens (primary N) is 1. The van der Waals surface area contributed by atoms with Crippen molar-refractivity contribution in [2.24, 2.45) is 5.92 Å². The van der Waals surface area contributed by atoms with Crippen LogP contribution in [0.2, 0.25) is 0 Å². The minimum Gasteiger partial charge on any atom is -0.382 e. The highest BCUT2D eigenvalue weighted by Crippen LogP contribution is 2.32. The van der Waals surface area contributed by atoms with Crippen LogP contribution >= 0.6 is 0 Å². The molecule has 3 aromatic heterocycles. The van der Waals surface area contributed by atoms with Gasteiger partial charge < -0.3 is 16.0 Å². The Labute approximate surface area is 171 Å². The van der Waals surface area contributed by atoms with E-state index in [2.05, 4.69) is 20.3 Å². The average molecular weight is 406 g/mol. The number of amides is 2. The van der Waals surface area contributed by atoms with Crippen molar-refractivity contribution >= 4 is 28.5 Å². The lowest BCUT2D eigenvalue weighted by Crippen LogP contribution is -2.61. The Hall–Kier alpha value is -3.62. The van der Waals surface area contributed by atoms with Gasteiger partial charge in [-0.2, -0.15) is 4.39 Å². The number of likely N-dealkylation sites (tertiary alicyclic amines) is 1. The number of nitrogen functional groups attached to an aromatic ring is 1. The lowest BCUT2D eigenvalue weighted by atomic mass is 10.1. The van der Waals surface area contributed by atoms with Crippen molar-refractivity contribution in [1.29, 1.82) is 0 Å². The van der Waals surface area contributed by atoms with Gasteiger partial charge in [0, 0.05) is 48.4 Å². The predicted octanol–water partition coefficient (Wildman–Crippen LogP) is 1.76. The second-order valence-corrected chi connectivity index (χ2v) is 7.70. The van der Waals surface area contributed by atoms with Gasteiger partial charge in [-0.1, -0.05) is 0 Å². The molecule has 0 spiro atoms. The Morgan fingerprint density at radius 3 is 2.70 bits per heavy atom. The first-order valence-corrected chi connectivity index (χ1v) is 9.76. The Bertz CT molecular complexity index is 1170. The molecular formula is C21H19FN6O2. The molecule has 0 radical (unpaired) electrons. The van der Waals surface area contributed by atoms with E-state index in [1.165, 1.54) is 18.5 Å². The largest absolute Gasteiger partial charge is 0.382 e. The summed E-state index contributed by atoms with van der Waals surface area (Å²) in [4.78, 5) is 38.8. The number of hydrogen-bond donors (Lipinski definition) is 2. The van der Waals surface area contributed by atoms with Crippen molar-refractivity contribution in [2.75, 3.05) is 18.8 Å². The molecule has 9 heteroatoms. The number of halogens is 1. The van der Waals surface area contributed by atoms with Gasteiger partial charge in [-0.3, -0.25) is 9.59 Å². The van der Waals surface area contributed by atoms with E-state index in [4.69, 9.17) is 5.73 Å². The third-order valence-electron chi connectivity index (χ3n) is 5.48. The minimum absolute atomic E-state index is 0.0835. The van der Waals surface area contributed by atoms with Crippen LogP contribution in [0.3, 0.4) is 0 Å². The first-order valence-electron chi connectivity index (χ1n) is 9.76. The standard InChI is InChI=1S/C21H19FN6O2/c22-17-7-12(5-6-24-17)16-4-3-14-15(8-25-19(23)18(14)27-16)20(29)26-13-9-28(10-13)21(30)11-1-2-11/h3-8,11,13H,1-2,9-10H2,(H2,23,25)(H,26,29). The van der Waals surface area contributed by atoms with Crippen LogP contribution in [0.5, 0.6) is 0 Å². The average Bonchev–Trinajstić information content (AvgIpc) is 3.55. The highest BCUT2D eigenvalue weighted by molar-refractivity contribution is 6.08. The molecule has 4 heterocycles. The van der Waals surface area contributed by atoms with Crippen molar-refractivity contribution < 1.29 is 14.0 Å². The van der Waals surface area contributed by atoms with E-state index >= 15 is 0 Å². The summed E-state index contributed by atoms with van der Waals surface area (Å²) in [5, 5.41) is 3.50. The molecule has 2 fully saturated rings. The van der Waals surface area contributed by atoms with E-state index in [-0.39, 0.29) is 29.6 Å². The lowest BCUT2D eigenvalue weighted by molar-refractivity contribution is -0.137. The highest BCUT2D eigenvalue weighted by Gasteiger charge is 2.39. The number of nitrogens with zero attached hydrogens (tertiary/aromatic N) is 4. The Morgan fingerprint density at radius 1 is 1.17 bits per heavy atom. The zero-order chi connectivity index (χ0) is 20.8. The van der Waals surface area contributed by atoms with Gasteiger partial charge in [0.05, 0.1) is 17.3 Å². The Balaban J connectivity index is 1.37. The van der Waals surface area contributed by atoms with Gasteiger partial charge in [-0.25, -0.2) is 15.0 Å². The fourth-order valence-corrected chi connectivity index (χ4v) is 3.64. The summed E-state index contributed by atoms with van der Waals surface area (Å²) < 4.78 is 13.4. The predicted molar refractivity (Wildman–Crippen MR) is 108 cm³/mol. The maximum Gasteiger partial charge on any atom is 0.253 e. The maximum atomic E-state index is 13.4. The Morgan fingerprint density at radius 2 is 1.97 bits per heavy atom. The van der Waals surface area contributed by atoms with Crippen molar-refractivity contribution in [3.8, 4) is 11.3 Å². The minimum atomic E-state index is -0.608. The maximum absolute atomic E-state index is 13.4. The number of fused-ring (bicyclic) bond motifs is 1. The molecule has 0 bridgehead atoms. The van der Waals surface area contributed by atoms with E-state index in [1.54, 1.807) is 23.1 Å². The van der Waals surface area contributed by atoms with Crippen molar-refractivity contribution in [1.82, 2.24) is 25.2 Å². The van der Waals surface area contributed by atoms with Crippen molar-refractivity contribution in [2.45, 2.75) is 18.9 Å². The monoisotopic (exact) mass is 406 g/mol. The highest BCUT2D eigenvalue weighted by atomic mass is 19.1. The van der Waals surface area contributed by atoms with Crippen LogP contribution in [-0.4, -0.2) is 50.8 Å².